The first-order valence-electron chi connectivity index (χ1n) is 11.3. The molecule has 2 N–H and O–H groups in total. The number of aliphatic hydroxyl groups is 1. The number of amides is 1. The van der Waals surface area contributed by atoms with Gasteiger partial charge in [0.15, 0.2) is 0 Å². The molecule has 176 valence electrons. The zero-order chi connectivity index (χ0) is 24.0. The molecule has 2 aromatic carbocycles. The molecule has 1 atom stereocenters. The quantitative estimate of drug-likeness (QED) is 0.246. The molecular weight excluding hydrogens is 420 g/mol. The first kappa shape index (κ1) is 24.3. The highest BCUT2D eigenvalue weighted by atomic mass is 16.5. The number of phenols is 1. The van der Waals surface area contributed by atoms with Crippen LogP contribution in [0, 0.1) is 0 Å². The fourth-order valence-electron chi connectivity index (χ4n) is 3.87. The van der Waals surface area contributed by atoms with E-state index in [9.17, 15) is 19.8 Å². The molecule has 2 aromatic rings. The fraction of sp³-hybridized carbons (Fsp3) is 0.385. The Morgan fingerprint density at radius 1 is 1.03 bits per heavy atom. The number of ether oxygens (including phenoxy) is 1. The van der Waals surface area contributed by atoms with Gasteiger partial charge in [0, 0.05) is 12.1 Å². The number of rotatable bonds is 10. The second kappa shape index (κ2) is 11.0. The van der Waals surface area contributed by atoms with Crippen molar-refractivity contribution in [1.29, 1.82) is 0 Å². The van der Waals surface area contributed by atoms with Crippen molar-refractivity contribution < 1.29 is 24.5 Å². The normalized spacial score (nSPS) is 17.7. The molecule has 1 fully saturated rings. The van der Waals surface area contributed by atoms with Crippen molar-refractivity contribution in [2.75, 3.05) is 33.8 Å². The van der Waals surface area contributed by atoms with Crippen LogP contribution in [0.4, 0.5) is 0 Å². The van der Waals surface area contributed by atoms with Crippen molar-refractivity contribution in [3.63, 3.8) is 0 Å². The Hall–Kier alpha value is -3.32. The van der Waals surface area contributed by atoms with Crippen LogP contribution in [0.25, 0.3) is 5.76 Å². The Kier molecular flexibility index (Phi) is 8.11. The lowest BCUT2D eigenvalue weighted by Gasteiger charge is -2.26. The summed E-state index contributed by atoms with van der Waals surface area (Å²) >= 11 is 0. The third kappa shape index (κ3) is 5.73. The molecule has 7 nitrogen and oxygen atoms in total. The number of likely N-dealkylation sites (tertiary alicyclic amines) is 1. The Balaban J connectivity index is 1.97. The number of carbonyl (C=O) groups is 2. The van der Waals surface area contributed by atoms with Crippen LogP contribution >= 0.6 is 0 Å². The highest BCUT2D eigenvalue weighted by molar-refractivity contribution is 6.46. The fourth-order valence-corrected chi connectivity index (χ4v) is 3.87. The number of phenolic OH excluding ortho intramolecular Hbond substituents is 1. The van der Waals surface area contributed by atoms with Crippen LogP contribution < -0.4 is 4.74 Å². The number of ketones is 1. The Morgan fingerprint density at radius 3 is 2.30 bits per heavy atom. The number of aliphatic hydroxyl groups excluding tert-OH is 1. The van der Waals surface area contributed by atoms with Crippen LogP contribution in [0.3, 0.4) is 0 Å². The molecular formula is C26H32N2O5. The van der Waals surface area contributed by atoms with Crippen LogP contribution in [0.2, 0.25) is 0 Å². The minimum Gasteiger partial charge on any atom is -0.508 e. The standard InChI is InChI=1S/C26H32N2O5/c1-4-5-17-33-21-13-9-19(10-14-21)24(30)22-23(18-7-11-20(29)12-8-18)28(26(32)25(22)31)16-6-15-27(2)3/h7-14,23,29-30H,4-6,15-17H2,1-3H3. The maximum absolute atomic E-state index is 13.0. The number of aromatic hydroxyl groups is 1. The van der Waals surface area contributed by atoms with E-state index in [2.05, 4.69) is 6.92 Å². The minimum atomic E-state index is -0.728. The molecule has 3 rings (SSSR count). The molecule has 1 aliphatic rings. The number of Topliss-reactive ketones (excluding diaryl/α,β-unsaturated/α-hetero) is 1. The van der Waals surface area contributed by atoms with E-state index >= 15 is 0 Å². The van der Waals surface area contributed by atoms with E-state index in [1.165, 1.54) is 17.0 Å². The molecule has 1 amide bonds. The first-order chi connectivity index (χ1) is 15.8. The summed E-state index contributed by atoms with van der Waals surface area (Å²) in [5.41, 5.74) is 1.14. The molecule has 0 spiro atoms. The van der Waals surface area contributed by atoms with Gasteiger partial charge in [-0.25, -0.2) is 0 Å². The summed E-state index contributed by atoms with van der Waals surface area (Å²) in [5, 5.41) is 20.8. The summed E-state index contributed by atoms with van der Waals surface area (Å²) in [6.07, 6.45) is 2.66. The third-order valence-electron chi connectivity index (χ3n) is 5.65. The van der Waals surface area contributed by atoms with Gasteiger partial charge in [0.05, 0.1) is 18.2 Å². The number of nitrogens with zero attached hydrogens (tertiary/aromatic N) is 2. The molecule has 1 heterocycles. The van der Waals surface area contributed by atoms with Crippen molar-refractivity contribution in [2.45, 2.75) is 32.2 Å². The van der Waals surface area contributed by atoms with Crippen molar-refractivity contribution in [2.24, 2.45) is 0 Å². The number of hydrogen-bond acceptors (Lipinski definition) is 6. The molecule has 0 bridgehead atoms. The van der Waals surface area contributed by atoms with Gasteiger partial charge in [-0.1, -0.05) is 25.5 Å². The monoisotopic (exact) mass is 452 g/mol. The molecule has 0 aliphatic carbocycles. The van der Waals surface area contributed by atoms with Gasteiger partial charge in [-0.3, -0.25) is 9.59 Å². The van der Waals surface area contributed by atoms with Crippen LogP contribution in [-0.2, 0) is 9.59 Å². The van der Waals surface area contributed by atoms with Crippen molar-refractivity contribution in [1.82, 2.24) is 9.80 Å². The van der Waals surface area contributed by atoms with Crippen LogP contribution in [0.15, 0.2) is 54.1 Å². The molecule has 1 unspecified atom stereocenters. The van der Waals surface area contributed by atoms with Gasteiger partial charge >= 0.3 is 0 Å². The van der Waals surface area contributed by atoms with Gasteiger partial charge in [-0.05, 0) is 75.4 Å². The number of benzene rings is 2. The first-order valence-corrected chi connectivity index (χ1v) is 11.3. The lowest BCUT2D eigenvalue weighted by molar-refractivity contribution is -0.139. The van der Waals surface area contributed by atoms with Gasteiger partial charge in [-0.15, -0.1) is 0 Å². The number of unbranched alkanes of at least 4 members (excludes halogenated alkanes) is 1. The Bertz CT molecular complexity index is 996. The van der Waals surface area contributed by atoms with Crippen molar-refractivity contribution in [3.8, 4) is 11.5 Å². The highest BCUT2D eigenvalue weighted by Crippen LogP contribution is 2.40. The summed E-state index contributed by atoms with van der Waals surface area (Å²) in [6, 6.07) is 12.5. The smallest absolute Gasteiger partial charge is 0.295 e. The SMILES string of the molecule is CCCCOc1ccc(C(O)=C2C(=O)C(=O)N(CCCN(C)C)C2c2ccc(O)cc2)cc1. The number of carbonyl (C=O) groups excluding carboxylic acids is 2. The van der Waals surface area contributed by atoms with Crippen molar-refractivity contribution >= 4 is 17.4 Å². The average Bonchev–Trinajstić information content (AvgIpc) is 3.04. The van der Waals surface area contributed by atoms with Gasteiger partial charge in [0.1, 0.15) is 17.3 Å². The molecule has 7 heteroatoms. The van der Waals surface area contributed by atoms with E-state index in [4.69, 9.17) is 4.74 Å². The summed E-state index contributed by atoms with van der Waals surface area (Å²) in [7, 11) is 3.89. The predicted octanol–water partition coefficient (Wildman–Crippen LogP) is 3.94. The van der Waals surface area contributed by atoms with E-state index in [1.54, 1.807) is 36.4 Å². The Morgan fingerprint density at radius 2 is 1.70 bits per heavy atom. The van der Waals surface area contributed by atoms with Gasteiger partial charge in [-0.2, -0.15) is 0 Å². The van der Waals surface area contributed by atoms with E-state index in [1.807, 2.05) is 19.0 Å². The number of hydrogen-bond donors (Lipinski definition) is 2. The summed E-state index contributed by atoms with van der Waals surface area (Å²) < 4.78 is 5.67. The molecule has 1 saturated heterocycles. The molecule has 0 saturated carbocycles. The summed E-state index contributed by atoms with van der Waals surface area (Å²) in [6.45, 7) is 3.83. The zero-order valence-corrected chi connectivity index (χ0v) is 19.5. The van der Waals surface area contributed by atoms with Crippen molar-refractivity contribution in [3.05, 3.63) is 65.2 Å². The zero-order valence-electron chi connectivity index (χ0n) is 19.5. The van der Waals surface area contributed by atoms with E-state index in [0.29, 0.717) is 36.4 Å². The predicted molar refractivity (Wildman–Crippen MR) is 127 cm³/mol. The molecule has 1 aliphatic heterocycles. The maximum atomic E-state index is 13.0. The highest BCUT2D eigenvalue weighted by Gasteiger charge is 2.45. The molecule has 33 heavy (non-hydrogen) atoms. The van der Waals surface area contributed by atoms with E-state index < -0.39 is 17.7 Å². The van der Waals surface area contributed by atoms with E-state index in [-0.39, 0.29) is 17.1 Å². The maximum Gasteiger partial charge on any atom is 0.295 e. The van der Waals surface area contributed by atoms with Crippen LogP contribution in [0.1, 0.15) is 43.4 Å². The van der Waals surface area contributed by atoms with E-state index in [0.717, 1.165) is 19.4 Å². The molecule has 0 aromatic heterocycles. The van der Waals surface area contributed by atoms with Gasteiger partial charge < -0.3 is 24.7 Å². The van der Waals surface area contributed by atoms with Crippen LogP contribution in [0.5, 0.6) is 11.5 Å². The minimum absolute atomic E-state index is 0.0511. The van der Waals surface area contributed by atoms with Gasteiger partial charge in [0.2, 0.25) is 0 Å². The average molecular weight is 453 g/mol. The molecule has 0 radical (unpaired) electrons. The third-order valence-corrected chi connectivity index (χ3v) is 5.65. The topological polar surface area (TPSA) is 90.3 Å². The largest absolute Gasteiger partial charge is 0.508 e. The second-order valence-corrected chi connectivity index (χ2v) is 8.47. The lowest BCUT2D eigenvalue weighted by atomic mass is 9.95. The second-order valence-electron chi connectivity index (χ2n) is 8.47. The Labute approximate surface area is 194 Å². The summed E-state index contributed by atoms with van der Waals surface area (Å²) in [5.74, 6) is -0.797. The summed E-state index contributed by atoms with van der Waals surface area (Å²) in [4.78, 5) is 29.5. The van der Waals surface area contributed by atoms with Crippen LogP contribution in [-0.4, -0.2) is 65.5 Å². The lowest BCUT2D eigenvalue weighted by Crippen LogP contribution is -2.32. The van der Waals surface area contributed by atoms with Gasteiger partial charge in [0.25, 0.3) is 11.7 Å².